The lowest BCUT2D eigenvalue weighted by Crippen LogP contribution is -2.17. The van der Waals surface area contributed by atoms with Gasteiger partial charge in [0.05, 0.1) is 0 Å². The van der Waals surface area contributed by atoms with Gasteiger partial charge in [-0.1, -0.05) is 37.6 Å². The number of hydrogen-bond donors (Lipinski definition) is 0. The van der Waals surface area contributed by atoms with E-state index in [1.165, 1.54) is 19.3 Å². The van der Waals surface area contributed by atoms with Crippen LogP contribution in [0.25, 0.3) is 0 Å². The molecule has 0 heterocycles. The van der Waals surface area contributed by atoms with E-state index in [0.717, 1.165) is 0 Å². The third-order valence-corrected chi connectivity index (χ3v) is 3.71. The molecule has 1 fully saturated rings. The lowest BCUT2D eigenvalue weighted by atomic mass is 9.76. The first-order valence-electron chi connectivity index (χ1n) is 5.00. The molecule has 0 aromatic rings. The van der Waals surface area contributed by atoms with Gasteiger partial charge < -0.3 is 0 Å². The second-order valence-electron chi connectivity index (χ2n) is 4.58. The van der Waals surface area contributed by atoms with E-state index in [-0.39, 0.29) is 0 Å². The summed E-state index contributed by atoms with van der Waals surface area (Å²) in [6.07, 6.45) is 11.1. The van der Waals surface area contributed by atoms with Crippen molar-refractivity contribution in [2.75, 3.05) is 0 Å². The predicted molar refractivity (Wildman–Crippen MR) is 53.0 cm³/mol. The summed E-state index contributed by atoms with van der Waals surface area (Å²) in [5.41, 5.74) is 2.79. The highest BCUT2D eigenvalue weighted by Gasteiger charge is 2.64. The second-order valence-corrected chi connectivity index (χ2v) is 4.58. The lowest BCUT2D eigenvalue weighted by molar-refractivity contribution is 0.449. The van der Waals surface area contributed by atoms with Crippen LogP contribution in [0.3, 0.4) is 0 Å². The van der Waals surface area contributed by atoms with Crippen LogP contribution in [0.5, 0.6) is 0 Å². The predicted octanol–water partition coefficient (Wildman–Crippen LogP) is 3.70. The van der Waals surface area contributed by atoms with E-state index >= 15 is 0 Å². The SMILES string of the molecule is CC=CC1(C)CC12C=C(CC)C2. The summed E-state index contributed by atoms with van der Waals surface area (Å²) >= 11 is 0. The van der Waals surface area contributed by atoms with E-state index in [1.807, 2.05) is 0 Å². The van der Waals surface area contributed by atoms with E-state index < -0.39 is 0 Å². The van der Waals surface area contributed by atoms with E-state index in [9.17, 15) is 0 Å². The molecule has 12 heavy (non-hydrogen) atoms. The summed E-state index contributed by atoms with van der Waals surface area (Å²) in [4.78, 5) is 0. The summed E-state index contributed by atoms with van der Waals surface area (Å²) in [7, 11) is 0. The monoisotopic (exact) mass is 162 g/mol. The lowest BCUT2D eigenvalue weighted by Gasteiger charge is -2.28. The van der Waals surface area contributed by atoms with Gasteiger partial charge in [0, 0.05) is 5.41 Å². The number of hydrogen-bond acceptors (Lipinski definition) is 0. The van der Waals surface area contributed by atoms with E-state index in [0.29, 0.717) is 10.8 Å². The molecule has 0 aliphatic heterocycles. The molecule has 0 heteroatoms. The van der Waals surface area contributed by atoms with Gasteiger partial charge in [-0.2, -0.15) is 0 Å². The third kappa shape index (κ3) is 0.840. The van der Waals surface area contributed by atoms with Gasteiger partial charge in [-0.3, -0.25) is 0 Å². The summed E-state index contributed by atoms with van der Waals surface area (Å²) in [5, 5.41) is 0. The van der Waals surface area contributed by atoms with Crippen molar-refractivity contribution in [2.24, 2.45) is 10.8 Å². The maximum atomic E-state index is 2.52. The molecule has 0 aromatic carbocycles. The van der Waals surface area contributed by atoms with Crippen LogP contribution in [0.4, 0.5) is 0 Å². The average Bonchev–Trinajstić information content (AvgIpc) is 2.54. The smallest absolute Gasteiger partial charge is 0.00186 e. The Bertz CT molecular complexity index is 259. The first-order valence-corrected chi connectivity index (χ1v) is 5.00. The van der Waals surface area contributed by atoms with Crippen LogP contribution < -0.4 is 0 Å². The summed E-state index contributed by atoms with van der Waals surface area (Å²) < 4.78 is 0. The molecule has 0 saturated heterocycles. The maximum absolute atomic E-state index is 2.52. The van der Waals surface area contributed by atoms with Crippen LogP contribution in [0, 0.1) is 10.8 Å². The number of allylic oxidation sites excluding steroid dienone is 4. The van der Waals surface area contributed by atoms with Crippen LogP contribution in [0.1, 0.15) is 40.0 Å². The molecule has 0 amide bonds. The minimum absolute atomic E-state index is 0.514. The molecule has 0 bridgehead atoms. The molecule has 0 nitrogen and oxygen atoms in total. The molecule has 0 radical (unpaired) electrons. The van der Waals surface area contributed by atoms with Crippen LogP contribution >= 0.6 is 0 Å². The van der Waals surface area contributed by atoms with Gasteiger partial charge in [0.25, 0.3) is 0 Å². The molecular formula is C12H18. The first kappa shape index (κ1) is 8.10. The Hall–Kier alpha value is -0.520. The van der Waals surface area contributed by atoms with Gasteiger partial charge >= 0.3 is 0 Å². The van der Waals surface area contributed by atoms with Crippen LogP contribution in [-0.4, -0.2) is 0 Å². The Balaban J connectivity index is 2.09. The van der Waals surface area contributed by atoms with E-state index in [2.05, 4.69) is 39.0 Å². The Morgan fingerprint density at radius 2 is 2.25 bits per heavy atom. The van der Waals surface area contributed by atoms with Crippen molar-refractivity contribution in [3.05, 3.63) is 23.8 Å². The summed E-state index contributed by atoms with van der Waals surface area (Å²) in [6.45, 7) is 6.77. The van der Waals surface area contributed by atoms with Crippen LogP contribution in [0.15, 0.2) is 23.8 Å². The third-order valence-electron chi connectivity index (χ3n) is 3.71. The molecule has 2 aliphatic carbocycles. The van der Waals surface area contributed by atoms with Crippen LogP contribution in [0.2, 0.25) is 0 Å². The Morgan fingerprint density at radius 3 is 2.75 bits per heavy atom. The zero-order chi connectivity index (χ0) is 8.82. The van der Waals surface area contributed by atoms with Crippen molar-refractivity contribution in [1.29, 1.82) is 0 Å². The van der Waals surface area contributed by atoms with E-state index in [1.54, 1.807) is 5.57 Å². The fourth-order valence-corrected chi connectivity index (χ4v) is 2.68. The second kappa shape index (κ2) is 2.25. The summed E-state index contributed by atoms with van der Waals surface area (Å²) in [5.74, 6) is 0. The van der Waals surface area contributed by atoms with Crippen molar-refractivity contribution < 1.29 is 0 Å². The van der Waals surface area contributed by atoms with Crippen molar-refractivity contribution in [2.45, 2.75) is 40.0 Å². The minimum atomic E-state index is 0.514. The molecule has 1 spiro atoms. The van der Waals surface area contributed by atoms with Crippen LogP contribution in [-0.2, 0) is 0 Å². The maximum Gasteiger partial charge on any atom is 0.00186 e. The molecule has 2 aliphatic rings. The molecule has 1 saturated carbocycles. The van der Waals surface area contributed by atoms with Gasteiger partial charge in [0.1, 0.15) is 0 Å². The number of rotatable bonds is 2. The van der Waals surface area contributed by atoms with Gasteiger partial charge in [-0.15, -0.1) is 0 Å². The Labute approximate surface area is 75.4 Å². The molecule has 0 N–H and O–H groups in total. The molecule has 2 unspecified atom stereocenters. The quantitative estimate of drug-likeness (QED) is 0.543. The fraction of sp³-hybridized carbons (Fsp3) is 0.667. The summed E-state index contributed by atoms with van der Waals surface area (Å²) in [6, 6.07) is 0. The standard InChI is InChI=1S/C12H18/c1-4-6-11(3)9-12(11)7-10(5-2)8-12/h4,6-7H,5,8-9H2,1-3H3. The highest BCUT2D eigenvalue weighted by Crippen LogP contribution is 2.73. The van der Waals surface area contributed by atoms with Crippen molar-refractivity contribution in [3.8, 4) is 0 Å². The minimum Gasteiger partial charge on any atom is -0.0911 e. The fourth-order valence-electron chi connectivity index (χ4n) is 2.68. The highest BCUT2D eigenvalue weighted by molar-refractivity contribution is 5.39. The highest BCUT2D eigenvalue weighted by atomic mass is 14.7. The van der Waals surface area contributed by atoms with E-state index in [4.69, 9.17) is 0 Å². The Morgan fingerprint density at radius 1 is 1.58 bits per heavy atom. The van der Waals surface area contributed by atoms with Crippen molar-refractivity contribution in [3.63, 3.8) is 0 Å². The van der Waals surface area contributed by atoms with Gasteiger partial charge in [0.15, 0.2) is 0 Å². The van der Waals surface area contributed by atoms with Gasteiger partial charge in [-0.25, -0.2) is 0 Å². The van der Waals surface area contributed by atoms with Gasteiger partial charge in [-0.05, 0) is 31.6 Å². The zero-order valence-corrected chi connectivity index (χ0v) is 8.35. The normalized spacial score (nSPS) is 44.8. The zero-order valence-electron chi connectivity index (χ0n) is 8.35. The topological polar surface area (TPSA) is 0 Å². The first-order chi connectivity index (χ1) is 5.66. The Kier molecular flexibility index (Phi) is 1.51. The average molecular weight is 162 g/mol. The molecule has 0 aromatic heterocycles. The largest absolute Gasteiger partial charge is 0.0911 e. The molecular weight excluding hydrogens is 144 g/mol. The molecule has 66 valence electrons. The van der Waals surface area contributed by atoms with Gasteiger partial charge in [0.2, 0.25) is 0 Å². The van der Waals surface area contributed by atoms with Crippen molar-refractivity contribution >= 4 is 0 Å². The molecule has 2 rings (SSSR count). The van der Waals surface area contributed by atoms with Crippen molar-refractivity contribution in [1.82, 2.24) is 0 Å². The molecule has 2 atom stereocenters.